The third-order valence-corrected chi connectivity index (χ3v) is 4.02. The number of hydrogen-bond donors (Lipinski definition) is 1. The van der Waals surface area contributed by atoms with Gasteiger partial charge in [-0.15, -0.1) is 0 Å². The number of fused-ring (bicyclic) bond motifs is 1. The predicted octanol–water partition coefficient (Wildman–Crippen LogP) is 3.91. The Morgan fingerprint density at radius 2 is 2.18 bits per heavy atom. The molecule has 2 heterocycles. The van der Waals surface area contributed by atoms with Crippen molar-refractivity contribution < 1.29 is 9.53 Å². The number of anilines is 1. The summed E-state index contributed by atoms with van der Waals surface area (Å²) in [5.74, 6) is 0. The topological polar surface area (TPSA) is 58.2 Å². The van der Waals surface area contributed by atoms with Crippen LogP contribution in [0.1, 0.15) is 11.6 Å². The second-order valence-electron chi connectivity index (χ2n) is 5.12. The van der Waals surface area contributed by atoms with Gasteiger partial charge in [-0.1, -0.05) is 23.7 Å². The second-order valence-corrected chi connectivity index (χ2v) is 5.56. The molecule has 0 spiro atoms. The van der Waals surface area contributed by atoms with Crippen molar-refractivity contribution in [2.24, 2.45) is 0 Å². The number of benzene rings is 2. The zero-order valence-corrected chi connectivity index (χ0v) is 12.2. The summed E-state index contributed by atoms with van der Waals surface area (Å²) in [5, 5.41) is 0.640. The van der Waals surface area contributed by atoms with Crippen LogP contribution in [0.2, 0.25) is 5.02 Å². The van der Waals surface area contributed by atoms with Gasteiger partial charge in [-0.2, -0.15) is 0 Å². The minimum Gasteiger partial charge on any atom is -0.447 e. The number of cyclic esters (lactones) is 1. The van der Waals surface area contributed by atoms with Gasteiger partial charge in [-0.05, 0) is 35.9 Å². The maximum Gasteiger partial charge on any atom is 0.415 e. The van der Waals surface area contributed by atoms with Gasteiger partial charge in [0.2, 0.25) is 0 Å². The Kier molecular flexibility index (Phi) is 3.01. The van der Waals surface area contributed by atoms with E-state index in [0.717, 1.165) is 22.3 Å². The SMILES string of the molecule is O=C1OCC(c2cccc(Cl)c2)N1c1ccc2nc[nH]c2c1. The van der Waals surface area contributed by atoms with Crippen LogP contribution in [-0.4, -0.2) is 22.7 Å². The van der Waals surface area contributed by atoms with Crippen LogP contribution in [0.3, 0.4) is 0 Å². The molecule has 1 N–H and O–H groups in total. The van der Waals surface area contributed by atoms with Crippen molar-refractivity contribution in [3.8, 4) is 0 Å². The molecule has 1 unspecified atom stereocenters. The molecule has 22 heavy (non-hydrogen) atoms. The third-order valence-electron chi connectivity index (χ3n) is 3.79. The fourth-order valence-corrected chi connectivity index (χ4v) is 2.94. The maximum absolute atomic E-state index is 12.2. The first-order chi connectivity index (χ1) is 10.7. The predicted molar refractivity (Wildman–Crippen MR) is 84.1 cm³/mol. The monoisotopic (exact) mass is 313 g/mol. The van der Waals surface area contributed by atoms with E-state index in [0.29, 0.717) is 11.6 Å². The minimum absolute atomic E-state index is 0.188. The number of nitrogens with one attached hydrogen (secondary N) is 1. The highest BCUT2D eigenvalue weighted by molar-refractivity contribution is 6.30. The van der Waals surface area contributed by atoms with Gasteiger partial charge in [0, 0.05) is 5.02 Å². The number of aromatic nitrogens is 2. The lowest BCUT2D eigenvalue weighted by atomic mass is 10.1. The molecule has 1 aromatic heterocycles. The molecule has 1 saturated heterocycles. The van der Waals surface area contributed by atoms with Gasteiger partial charge >= 0.3 is 6.09 Å². The first-order valence-electron chi connectivity index (χ1n) is 6.87. The summed E-state index contributed by atoms with van der Waals surface area (Å²) < 4.78 is 5.24. The molecule has 0 radical (unpaired) electrons. The van der Waals surface area contributed by atoms with E-state index in [1.54, 1.807) is 11.2 Å². The number of H-pyrrole nitrogens is 1. The van der Waals surface area contributed by atoms with Crippen LogP contribution in [0.5, 0.6) is 0 Å². The molecule has 1 aliphatic rings. The van der Waals surface area contributed by atoms with Crippen LogP contribution in [0.4, 0.5) is 10.5 Å². The maximum atomic E-state index is 12.2. The van der Waals surface area contributed by atoms with Crippen LogP contribution in [-0.2, 0) is 4.74 Å². The minimum atomic E-state index is -0.358. The van der Waals surface area contributed by atoms with Gasteiger partial charge in [-0.3, -0.25) is 4.90 Å². The van der Waals surface area contributed by atoms with E-state index in [4.69, 9.17) is 16.3 Å². The van der Waals surface area contributed by atoms with E-state index in [9.17, 15) is 4.79 Å². The number of carbonyl (C=O) groups excluding carboxylic acids is 1. The zero-order valence-electron chi connectivity index (χ0n) is 11.5. The summed E-state index contributed by atoms with van der Waals surface area (Å²) in [6.07, 6.45) is 1.27. The van der Waals surface area contributed by atoms with Crippen LogP contribution >= 0.6 is 11.6 Å². The molecule has 1 fully saturated rings. The standard InChI is InChI=1S/C16H12ClN3O2/c17-11-3-1-2-10(6-11)15-8-22-16(21)20(15)12-4-5-13-14(7-12)19-9-18-13/h1-7,9,15H,8H2,(H,18,19). The summed E-state index contributed by atoms with van der Waals surface area (Å²) in [4.78, 5) is 21.0. The number of amides is 1. The number of hydrogen-bond acceptors (Lipinski definition) is 3. The Hall–Kier alpha value is -2.53. The van der Waals surface area contributed by atoms with Crippen molar-refractivity contribution in [3.05, 3.63) is 59.4 Å². The molecular formula is C16H12ClN3O2. The number of halogens is 1. The molecule has 3 aromatic rings. The highest BCUT2D eigenvalue weighted by Gasteiger charge is 2.35. The Morgan fingerprint density at radius 1 is 1.27 bits per heavy atom. The summed E-state index contributed by atoms with van der Waals surface area (Å²) in [6.45, 7) is 0.306. The van der Waals surface area contributed by atoms with E-state index in [1.165, 1.54) is 0 Å². The summed E-state index contributed by atoms with van der Waals surface area (Å²) in [7, 11) is 0. The molecule has 1 atom stereocenters. The van der Waals surface area contributed by atoms with Gasteiger partial charge < -0.3 is 9.72 Å². The summed E-state index contributed by atoms with van der Waals surface area (Å²) >= 11 is 6.06. The van der Waals surface area contributed by atoms with Crippen molar-refractivity contribution in [2.75, 3.05) is 11.5 Å². The average Bonchev–Trinajstić information content (AvgIpc) is 3.12. The highest BCUT2D eigenvalue weighted by atomic mass is 35.5. The van der Waals surface area contributed by atoms with Crippen LogP contribution < -0.4 is 4.90 Å². The van der Waals surface area contributed by atoms with E-state index in [1.807, 2.05) is 42.5 Å². The third kappa shape index (κ3) is 2.10. The second kappa shape index (κ2) is 5.03. The lowest BCUT2D eigenvalue weighted by Crippen LogP contribution is -2.27. The van der Waals surface area contributed by atoms with Crippen LogP contribution in [0, 0.1) is 0 Å². The largest absolute Gasteiger partial charge is 0.447 e. The number of carbonyl (C=O) groups is 1. The summed E-state index contributed by atoms with van der Waals surface area (Å²) in [6, 6.07) is 12.9. The fraction of sp³-hybridized carbons (Fsp3) is 0.125. The first-order valence-corrected chi connectivity index (χ1v) is 7.25. The molecule has 0 aliphatic carbocycles. The van der Waals surface area contributed by atoms with Gasteiger partial charge in [0.15, 0.2) is 0 Å². The normalized spacial score (nSPS) is 18.0. The lowest BCUT2D eigenvalue weighted by Gasteiger charge is -2.22. The number of aromatic amines is 1. The quantitative estimate of drug-likeness (QED) is 0.780. The smallest absolute Gasteiger partial charge is 0.415 e. The van der Waals surface area contributed by atoms with Crippen molar-refractivity contribution in [1.82, 2.24) is 9.97 Å². The Bertz CT molecular complexity index is 861. The molecule has 0 bridgehead atoms. The molecule has 2 aromatic carbocycles. The highest BCUT2D eigenvalue weighted by Crippen LogP contribution is 2.34. The van der Waals surface area contributed by atoms with Crippen molar-refractivity contribution in [1.29, 1.82) is 0 Å². The molecule has 1 aliphatic heterocycles. The first kappa shape index (κ1) is 13.2. The number of rotatable bonds is 2. The molecule has 110 valence electrons. The van der Waals surface area contributed by atoms with Crippen LogP contribution in [0.15, 0.2) is 48.8 Å². The molecule has 1 amide bonds. The molecular weight excluding hydrogens is 302 g/mol. The van der Waals surface area contributed by atoms with Gasteiger partial charge in [-0.25, -0.2) is 9.78 Å². The Morgan fingerprint density at radius 3 is 3.05 bits per heavy atom. The van der Waals surface area contributed by atoms with Crippen molar-refractivity contribution in [2.45, 2.75) is 6.04 Å². The summed E-state index contributed by atoms with van der Waals surface area (Å²) in [5.41, 5.74) is 3.45. The van der Waals surface area contributed by atoms with Crippen molar-refractivity contribution in [3.63, 3.8) is 0 Å². The molecule has 0 saturated carbocycles. The lowest BCUT2D eigenvalue weighted by molar-refractivity contribution is 0.179. The van der Waals surface area contributed by atoms with Gasteiger partial charge in [0.1, 0.15) is 6.61 Å². The van der Waals surface area contributed by atoms with E-state index >= 15 is 0 Å². The Balaban J connectivity index is 1.78. The van der Waals surface area contributed by atoms with Gasteiger partial charge in [0.25, 0.3) is 0 Å². The Labute approximate surface area is 131 Å². The van der Waals surface area contributed by atoms with Gasteiger partial charge in [0.05, 0.1) is 29.1 Å². The number of nitrogens with zero attached hydrogens (tertiary/aromatic N) is 2. The molecule has 5 nitrogen and oxygen atoms in total. The number of imidazole rings is 1. The van der Waals surface area contributed by atoms with E-state index < -0.39 is 0 Å². The van der Waals surface area contributed by atoms with Crippen LogP contribution in [0.25, 0.3) is 11.0 Å². The fourth-order valence-electron chi connectivity index (χ4n) is 2.74. The number of ether oxygens (including phenoxy) is 1. The molecule has 6 heteroatoms. The van der Waals surface area contributed by atoms with E-state index in [2.05, 4.69) is 9.97 Å². The average molecular weight is 314 g/mol. The van der Waals surface area contributed by atoms with E-state index in [-0.39, 0.29) is 12.1 Å². The van der Waals surface area contributed by atoms with Crippen molar-refractivity contribution >= 4 is 34.4 Å². The zero-order chi connectivity index (χ0) is 15.1. The molecule has 4 rings (SSSR count).